The number of ether oxygens (including phenoxy) is 2. The number of para-hydroxylation sites is 2. The lowest BCUT2D eigenvalue weighted by molar-refractivity contribution is -0.115. The number of thiocarbonyl (C=S) groups is 1. The van der Waals surface area contributed by atoms with Crippen LogP contribution in [0.3, 0.4) is 0 Å². The molecule has 1 heterocycles. The second-order valence-corrected chi connectivity index (χ2v) is 6.62. The van der Waals surface area contributed by atoms with Gasteiger partial charge in [-0.25, -0.2) is 0 Å². The van der Waals surface area contributed by atoms with Crippen molar-refractivity contribution in [3.8, 4) is 11.5 Å². The van der Waals surface area contributed by atoms with Crippen LogP contribution in [0.25, 0.3) is 6.08 Å². The fraction of sp³-hybridized carbons (Fsp3) is 0.111. The summed E-state index contributed by atoms with van der Waals surface area (Å²) in [5, 5.41) is 2.60. The van der Waals surface area contributed by atoms with Crippen LogP contribution < -0.4 is 14.8 Å². The first-order chi connectivity index (χ1) is 11.7. The van der Waals surface area contributed by atoms with Gasteiger partial charge in [0.05, 0.1) is 4.91 Å². The third-order valence-electron chi connectivity index (χ3n) is 3.20. The van der Waals surface area contributed by atoms with E-state index in [9.17, 15) is 4.79 Å². The fourth-order valence-corrected chi connectivity index (χ4v) is 3.16. The third-order valence-corrected chi connectivity index (χ3v) is 4.36. The van der Waals surface area contributed by atoms with Crippen molar-refractivity contribution in [2.75, 3.05) is 13.2 Å². The summed E-state index contributed by atoms with van der Waals surface area (Å²) in [7, 11) is 0. The predicted octanol–water partition coefficient (Wildman–Crippen LogP) is 3.63. The van der Waals surface area contributed by atoms with Gasteiger partial charge in [-0.2, -0.15) is 0 Å². The molecule has 1 aliphatic heterocycles. The molecule has 1 aliphatic rings. The molecule has 4 nitrogen and oxygen atoms in total. The Balaban J connectivity index is 1.61. The zero-order chi connectivity index (χ0) is 16.8. The van der Waals surface area contributed by atoms with Gasteiger partial charge in [0.1, 0.15) is 29.0 Å². The van der Waals surface area contributed by atoms with Crippen LogP contribution in [0.2, 0.25) is 0 Å². The summed E-state index contributed by atoms with van der Waals surface area (Å²) >= 11 is 6.25. The van der Waals surface area contributed by atoms with Crippen molar-refractivity contribution in [2.24, 2.45) is 0 Å². The van der Waals surface area contributed by atoms with E-state index in [1.165, 1.54) is 11.8 Å². The molecule has 1 amide bonds. The Hall–Kier alpha value is -2.31. The largest absolute Gasteiger partial charge is 0.490 e. The molecule has 6 heteroatoms. The molecule has 0 unspecified atom stereocenters. The molecule has 24 heavy (non-hydrogen) atoms. The molecule has 2 aromatic rings. The van der Waals surface area contributed by atoms with Crippen LogP contribution in [0, 0.1) is 0 Å². The minimum atomic E-state index is -0.174. The van der Waals surface area contributed by atoms with Gasteiger partial charge < -0.3 is 14.8 Å². The van der Waals surface area contributed by atoms with Crippen LogP contribution in [-0.2, 0) is 4.79 Å². The second kappa shape index (κ2) is 7.99. The van der Waals surface area contributed by atoms with Gasteiger partial charge in [0.15, 0.2) is 0 Å². The van der Waals surface area contributed by atoms with Gasteiger partial charge in [0, 0.05) is 5.56 Å². The highest BCUT2D eigenvalue weighted by Crippen LogP contribution is 2.29. The van der Waals surface area contributed by atoms with Crippen molar-refractivity contribution in [3.05, 3.63) is 65.1 Å². The summed E-state index contributed by atoms with van der Waals surface area (Å²) in [6.45, 7) is 0.848. The average molecular weight is 357 g/mol. The first-order valence-electron chi connectivity index (χ1n) is 7.37. The number of hydrogen-bond donors (Lipinski definition) is 1. The quantitative estimate of drug-likeness (QED) is 0.486. The molecular weight excluding hydrogens is 342 g/mol. The van der Waals surface area contributed by atoms with Crippen molar-refractivity contribution in [3.63, 3.8) is 0 Å². The highest BCUT2D eigenvalue weighted by molar-refractivity contribution is 8.26. The van der Waals surface area contributed by atoms with Crippen LogP contribution >= 0.6 is 24.0 Å². The van der Waals surface area contributed by atoms with E-state index in [1.54, 1.807) is 6.08 Å². The van der Waals surface area contributed by atoms with E-state index in [0.29, 0.717) is 28.2 Å². The Bertz CT molecular complexity index is 775. The SMILES string of the molecule is O=C1NC(=S)S/C1=C\c1ccccc1OCCOc1ccccc1. The normalized spacial score (nSPS) is 15.4. The molecule has 1 N–H and O–H groups in total. The molecule has 1 fully saturated rings. The van der Waals surface area contributed by atoms with Gasteiger partial charge in [-0.3, -0.25) is 4.79 Å². The van der Waals surface area contributed by atoms with Crippen molar-refractivity contribution in [1.82, 2.24) is 5.32 Å². The molecule has 2 aromatic carbocycles. The van der Waals surface area contributed by atoms with Gasteiger partial charge in [-0.05, 0) is 24.3 Å². The van der Waals surface area contributed by atoms with E-state index >= 15 is 0 Å². The molecule has 0 radical (unpaired) electrons. The van der Waals surface area contributed by atoms with E-state index in [4.69, 9.17) is 21.7 Å². The lowest BCUT2D eigenvalue weighted by atomic mass is 10.2. The standard InChI is InChI=1S/C18H15NO3S2/c20-17-16(24-18(23)19-17)12-13-6-4-5-9-15(13)22-11-10-21-14-7-2-1-3-8-14/h1-9,12H,10-11H2,(H,19,20,23)/b16-12-. The predicted molar refractivity (Wildman–Crippen MR) is 100 cm³/mol. The number of carbonyl (C=O) groups excluding carboxylic acids is 1. The van der Waals surface area contributed by atoms with Crippen LogP contribution in [0.15, 0.2) is 59.5 Å². The number of carbonyl (C=O) groups is 1. The second-order valence-electron chi connectivity index (χ2n) is 4.90. The van der Waals surface area contributed by atoms with Gasteiger partial charge in [-0.1, -0.05) is 60.4 Å². The van der Waals surface area contributed by atoms with Crippen molar-refractivity contribution < 1.29 is 14.3 Å². The first-order valence-corrected chi connectivity index (χ1v) is 8.59. The number of rotatable bonds is 6. The molecule has 0 aliphatic carbocycles. The number of benzene rings is 2. The molecule has 0 spiro atoms. The molecule has 0 saturated carbocycles. The Morgan fingerprint density at radius 2 is 1.71 bits per heavy atom. The summed E-state index contributed by atoms with van der Waals surface area (Å²) in [4.78, 5) is 12.3. The summed E-state index contributed by atoms with van der Waals surface area (Å²) in [5.41, 5.74) is 0.833. The van der Waals surface area contributed by atoms with Crippen LogP contribution in [-0.4, -0.2) is 23.4 Å². The smallest absolute Gasteiger partial charge is 0.263 e. The van der Waals surface area contributed by atoms with Crippen molar-refractivity contribution >= 4 is 40.3 Å². The third kappa shape index (κ3) is 4.37. The maximum Gasteiger partial charge on any atom is 0.263 e. The van der Waals surface area contributed by atoms with Crippen LogP contribution in [0.4, 0.5) is 0 Å². The van der Waals surface area contributed by atoms with Crippen LogP contribution in [0.5, 0.6) is 11.5 Å². The maximum atomic E-state index is 11.8. The molecule has 0 bridgehead atoms. The summed E-state index contributed by atoms with van der Waals surface area (Å²) < 4.78 is 11.9. The van der Waals surface area contributed by atoms with E-state index in [2.05, 4.69) is 5.32 Å². The molecule has 0 atom stereocenters. The molecular formula is C18H15NO3S2. The van der Waals surface area contributed by atoms with Crippen LogP contribution in [0.1, 0.15) is 5.56 Å². The van der Waals surface area contributed by atoms with Crippen molar-refractivity contribution in [1.29, 1.82) is 0 Å². The molecule has 3 rings (SSSR count). The number of thioether (sulfide) groups is 1. The van der Waals surface area contributed by atoms with Crippen molar-refractivity contribution in [2.45, 2.75) is 0 Å². The van der Waals surface area contributed by atoms with E-state index < -0.39 is 0 Å². The Morgan fingerprint density at radius 3 is 2.46 bits per heavy atom. The lowest BCUT2D eigenvalue weighted by Gasteiger charge is -2.10. The molecule has 0 aromatic heterocycles. The van der Waals surface area contributed by atoms with E-state index in [1.807, 2.05) is 54.6 Å². The topological polar surface area (TPSA) is 47.6 Å². The molecule has 122 valence electrons. The van der Waals surface area contributed by atoms with Gasteiger partial charge in [0.2, 0.25) is 0 Å². The minimum absolute atomic E-state index is 0.174. The monoisotopic (exact) mass is 357 g/mol. The fourth-order valence-electron chi connectivity index (χ4n) is 2.12. The Morgan fingerprint density at radius 1 is 1.00 bits per heavy atom. The van der Waals surface area contributed by atoms with Gasteiger partial charge in [-0.15, -0.1) is 0 Å². The Kier molecular flexibility index (Phi) is 5.51. The highest BCUT2D eigenvalue weighted by Gasteiger charge is 2.22. The van der Waals surface area contributed by atoms with E-state index in [-0.39, 0.29) is 5.91 Å². The number of nitrogens with one attached hydrogen (secondary N) is 1. The minimum Gasteiger partial charge on any atom is -0.490 e. The van der Waals surface area contributed by atoms with Gasteiger partial charge >= 0.3 is 0 Å². The van der Waals surface area contributed by atoms with E-state index in [0.717, 1.165) is 11.3 Å². The average Bonchev–Trinajstić information content (AvgIpc) is 2.91. The lowest BCUT2D eigenvalue weighted by Crippen LogP contribution is -2.17. The van der Waals surface area contributed by atoms with Gasteiger partial charge in [0.25, 0.3) is 5.91 Å². The number of hydrogen-bond acceptors (Lipinski definition) is 5. The molecule has 1 saturated heterocycles. The first kappa shape index (κ1) is 16.5. The zero-order valence-corrected chi connectivity index (χ0v) is 14.4. The summed E-state index contributed by atoms with van der Waals surface area (Å²) in [6.07, 6.45) is 1.78. The maximum absolute atomic E-state index is 11.8. The summed E-state index contributed by atoms with van der Waals surface area (Å²) in [6, 6.07) is 17.1. The Labute approximate surface area is 149 Å². The number of amides is 1. The highest BCUT2D eigenvalue weighted by atomic mass is 32.2. The summed E-state index contributed by atoms with van der Waals surface area (Å²) in [5.74, 6) is 1.34. The zero-order valence-electron chi connectivity index (χ0n) is 12.7.